The van der Waals surface area contributed by atoms with Crippen LogP contribution in [0, 0.1) is 0 Å². The molecule has 0 spiro atoms. The molecule has 1 fully saturated rings. The molecule has 2 amide bonds. The van der Waals surface area contributed by atoms with Gasteiger partial charge in [0.25, 0.3) is 0 Å². The quantitative estimate of drug-likeness (QED) is 0.697. The van der Waals surface area contributed by atoms with Gasteiger partial charge in [-0.25, -0.2) is 0 Å². The van der Waals surface area contributed by atoms with Crippen molar-refractivity contribution >= 4 is 11.8 Å². The van der Waals surface area contributed by atoms with Crippen molar-refractivity contribution in [3.05, 3.63) is 12.7 Å². The molecule has 0 aromatic rings. The van der Waals surface area contributed by atoms with Gasteiger partial charge in [0, 0.05) is 25.6 Å². The Morgan fingerprint density at radius 3 is 2.61 bits per heavy atom. The van der Waals surface area contributed by atoms with E-state index >= 15 is 0 Å². The topological polar surface area (TPSA) is 75.4 Å². The summed E-state index contributed by atoms with van der Waals surface area (Å²) in [7, 11) is 0. The minimum Gasteiger partial charge on any atom is -0.353 e. The van der Waals surface area contributed by atoms with Crippen molar-refractivity contribution in [3.63, 3.8) is 0 Å². The van der Waals surface area contributed by atoms with Crippen molar-refractivity contribution in [1.82, 2.24) is 10.2 Å². The summed E-state index contributed by atoms with van der Waals surface area (Å²) in [6.07, 6.45) is 4.28. The highest BCUT2D eigenvalue weighted by Gasteiger charge is 2.26. The molecule has 0 saturated carbocycles. The molecule has 0 aliphatic carbocycles. The molecule has 3 N–H and O–H groups in total. The molecule has 0 bridgehead atoms. The fourth-order valence-electron chi connectivity index (χ4n) is 2.09. The largest absolute Gasteiger partial charge is 0.353 e. The third-order valence-corrected chi connectivity index (χ3v) is 3.23. The van der Waals surface area contributed by atoms with Gasteiger partial charge in [-0.3, -0.25) is 9.59 Å². The van der Waals surface area contributed by atoms with Crippen LogP contribution in [-0.4, -0.2) is 41.9 Å². The number of nitrogens with zero attached hydrogens (tertiary/aromatic N) is 1. The van der Waals surface area contributed by atoms with Gasteiger partial charge in [-0.1, -0.05) is 13.0 Å². The van der Waals surface area contributed by atoms with Crippen LogP contribution < -0.4 is 11.1 Å². The van der Waals surface area contributed by atoms with Crippen molar-refractivity contribution in [1.29, 1.82) is 0 Å². The van der Waals surface area contributed by atoms with Crippen LogP contribution in [0.15, 0.2) is 12.7 Å². The first-order chi connectivity index (χ1) is 8.58. The molecule has 1 heterocycles. The van der Waals surface area contributed by atoms with Crippen LogP contribution >= 0.6 is 0 Å². The summed E-state index contributed by atoms with van der Waals surface area (Å²) in [5.74, 6) is 0.0540. The first-order valence-electron chi connectivity index (χ1n) is 6.53. The first-order valence-corrected chi connectivity index (χ1v) is 6.53. The number of rotatable bonds is 5. The molecule has 18 heavy (non-hydrogen) atoms. The molecule has 1 unspecified atom stereocenters. The van der Waals surface area contributed by atoms with Crippen molar-refractivity contribution < 1.29 is 9.59 Å². The van der Waals surface area contributed by atoms with Crippen molar-refractivity contribution in [2.24, 2.45) is 5.73 Å². The number of carbonyl (C=O) groups excluding carboxylic acids is 2. The number of carbonyl (C=O) groups is 2. The zero-order valence-corrected chi connectivity index (χ0v) is 11.0. The third-order valence-electron chi connectivity index (χ3n) is 3.23. The molecular weight excluding hydrogens is 230 g/mol. The maximum atomic E-state index is 11.9. The zero-order valence-electron chi connectivity index (χ0n) is 11.0. The van der Waals surface area contributed by atoms with Gasteiger partial charge in [0.15, 0.2) is 0 Å². The van der Waals surface area contributed by atoms with Gasteiger partial charge in [-0.2, -0.15) is 0 Å². The lowest BCUT2D eigenvalue weighted by Crippen LogP contribution is -2.50. The zero-order chi connectivity index (χ0) is 13.5. The molecule has 0 aromatic carbocycles. The molecule has 1 saturated heterocycles. The lowest BCUT2D eigenvalue weighted by atomic mass is 10.0. The number of hydrogen-bond donors (Lipinski definition) is 2. The number of nitrogens with two attached hydrogens (primary N) is 1. The minimum atomic E-state index is -0.482. The Labute approximate surface area is 108 Å². The summed E-state index contributed by atoms with van der Waals surface area (Å²) in [4.78, 5) is 25.0. The van der Waals surface area contributed by atoms with Gasteiger partial charge in [-0.15, -0.1) is 6.58 Å². The maximum Gasteiger partial charge on any atom is 0.239 e. The van der Waals surface area contributed by atoms with E-state index in [0.29, 0.717) is 25.9 Å². The van der Waals surface area contributed by atoms with Crippen LogP contribution in [0.4, 0.5) is 0 Å². The Morgan fingerprint density at radius 1 is 1.50 bits per heavy atom. The molecule has 1 atom stereocenters. The van der Waals surface area contributed by atoms with Crippen LogP contribution in [0.25, 0.3) is 0 Å². The summed E-state index contributed by atoms with van der Waals surface area (Å²) < 4.78 is 0. The molecule has 5 heteroatoms. The molecule has 0 radical (unpaired) electrons. The van der Waals surface area contributed by atoms with Crippen molar-refractivity contribution in [3.8, 4) is 0 Å². The van der Waals surface area contributed by atoms with Gasteiger partial charge in [-0.05, 0) is 19.3 Å². The second-order valence-corrected chi connectivity index (χ2v) is 4.65. The minimum absolute atomic E-state index is 0.0184. The summed E-state index contributed by atoms with van der Waals surface area (Å²) >= 11 is 0. The normalized spacial score (nSPS) is 18.2. The van der Waals surface area contributed by atoms with Crippen molar-refractivity contribution in [2.45, 2.75) is 44.7 Å². The average molecular weight is 253 g/mol. The highest BCUT2D eigenvalue weighted by molar-refractivity contribution is 5.82. The summed E-state index contributed by atoms with van der Waals surface area (Å²) in [6, 6.07) is -0.290. The van der Waals surface area contributed by atoms with E-state index in [9.17, 15) is 9.59 Å². The molecule has 5 nitrogen and oxygen atoms in total. The van der Waals surface area contributed by atoms with Gasteiger partial charge in [0.1, 0.15) is 0 Å². The van der Waals surface area contributed by atoms with E-state index in [1.54, 1.807) is 11.0 Å². The van der Waals surface area contributed by atoms with Gasteiger partial charge in [0.2, 0.25) is 11.8 Å². The fourth-order valence-corrected chi connectivity index (χ4v) is 2.09. The molecular formula is C13H23N3O2. The maximum absolute atomic E-state index is 11.9. The van der Waals surface area contributed by atoms with E-state index in [4.69, 9.17) is 5.73 Å². The predicted octanol–water partition coefficient (Wildman–Crippen LogP) is 0.407. The monoisotopic (exact) mass is 253 g/mol. The van der Waals surface area contributed by atoms with E-state index in [0.717, 1.165) is 12.8 Å². The average Bonchev–Trinajstić information content (AvgIpc) is 2.39. The van der Waals surface area contributed by atoms with Gasteiger partial charge in [0.05, 0.1) is 6.04 Å². The van der Waals surface area contributed by atoms with Crippen LogP contribution in [0.1, 0.15) is 32.6 Å². The van der Waals surface area contributed by atoms with E-state index in [1.807, 2.05) is 6.92 Å². The number of nitrogens with one attached hydrogen (secondary N) is 1. The molecule has 1 aliphatic rings. The summed E-state index contributed by atoms with van der Waals surface area (Å²) in [6.45, 7) is 6.75. The molecule has 1 rings (SSSR count). The number of amides is 2. The van der Waals surface area contributed by atoms with Gasteiger partial charge >= 0.3 is 0 Å². The molecule has 0 aromatic heterocycles. The van der Waals surface area contributed by atoms with Gasteiger partial charge < -0.3 is 16.0 Å². The lowest BCUT2D eigenvalue weighted by molar-refractivity contribution is -0.133. The number of likely N-dealkylation sites (tertiary alicyclic amines) is 1. The molecule has 1 aliphatic heterocycles. The van der Waals surface area contributed by atoms with E-state index < -0.39 is 6.04 Å². The Bertz CT molecular complexity index is 309. The van der Waals surface area contributed by atoms with Crippen LogP contribution in [0.2, 0.25) is 0 Å². The second kappa shape index (κ2) is 7.16. The summed E-state index contributed by atoms with van der Waals surface area (Å²) in [5.41, 5.74) is 5.76. The standard InChI is InChI=1S/C13H23N3O2/c1-3-5-11(14)13(18)16-8-6-10(7-9-16)15-12(17)4-2/h3,10-11H,1,4-9,14H2,2H3,(H,15,17). The Kier molecular flexibility index (Phi) is 5.85. The number of piperidine rings is 1. The van der Waals surface area contributed by atoms with E-state index in [2.05, 4.69) is 11.9 Å². The smallest absolute Gasteiger partial charge is 0.239 e. The third kappa shape index (κ3) is 4.14. The second-order valence-electron chi connectivity index (χ2n) is 4.65. The SMILES string of the molecule is C=CCC(N)C(=O)N1CCC(NC(=O)CC)CC1. The van der Waals surface area contributed by atoms with Crippen molar-refractivity contribution in [2.75, 3.05) is 13.1 Å². The molecule has 102 valence electrons. The lowest BCUT2D eigenvalue weighted by Gasteiger charge is -2.33. The van der Waals surface area contributed by atoms with Crippen LogP contribution in [0.3, 0.4) is 0 Å². The fraction of sp³-hybridized carbons (Fsp3) is 0.692. The van der Waals surface area contributed by atoms with E-state index in [1.165, 1.54) is 0 Å². The Balaban J connectivity index is 2.36. The summed E-state index contributed by atoms with van der Waals surface area (Å²) in [5, 5.41) is 2.96. The highest BCUT2D eigenvalue weighted by Crippen LogP contribution is 2.12. The van der Waals surface area contributed by atoms with Crippen LogP contribution in [-0.2, 0) is 9.59 Å². The Hall–Kier alpha value is -1.36. The number of hydrogen-bond acceptors (Lipinski definition) is 3. The Morgan fingerprint density at radius 2 is 2.11 bits per heavy atom. The predicted molar refractivity (Wildman–Crippen MR) is 70.8 cm³/mol. The first kappa shape index (κ1) is 14.7. The van der Waals surface area contributed by atoms with E-state index in [-0.39, 0.29) is 17.9 Å². The van der Waals surface area contributed by atoms with Crippen LogP contribution in [0.5, 0.6) is 0 Å². The highest BCUT2D eigenvalue weighted by atomic mass is 16.2.